The molecule has 2 heterocycles. The molecular weight excluding hydrogens is 332 g/mol. The summed E-state index contributed by atoms with van der Waals surface area (Å²) < 4.78 is 11.9. The lowest BCUT2D eigenvalue weighted by Crippen LogP contribution is -2.51. The second-order valence-electron chi connectivity index (χ2n) is 6.60. The Bertz CT molecular complexity index is 689. The van der Waals surface area contributed by atoms with Crippen LogP contribution in [-0.2, 0) is 14.3 Å². The van der Waals surface area contributed by atoms with E-state index in [9.17, 15) is 19.8 Å². The number of nitrogen functional groups attached to an aromatic ring is 1. The van der Waals surface area contributed by atoms with Crippen molar-refractivity contribution in [2.75, 3.05) is 12.3 Å². The molecule has 0 spiro atoms. The quantitative estimate of drug-likeness (QED) is 0.453. The summed E-state index contributed by atoms with van der Waals surface area (Å²) in [5.74, 6) is -0.888. The topological polar surface area (TPSA) is 163 Å². The van der Waals surface area contributed by atoms with E-state index < -0.39 is 48.3 Å². The smallest absolute Gasteiger partial charge is 0.351 e. The van der Waals surface area contributed by atoms with Gasteiger partial charge in [-0.15, -0.1) is 0 Å². The zero-order valence-corrected chi connectivity index (χ0v) is 14.3. The third-order valence-corrected chi connectivity index (χ3v) is 4.23. The lowest BCUT2D eigenvalue weighted by Gasteiger charge is -2.30. The van der Waals surface area contributed by atoms with Crippen molar-refractivity contribution in [3.63, 3.8) is 0 Å². The molecule has 1 fully saturated rings. The highest BCUT2D eigenvalue weighted by Crippen LogP contribution is 2.39. The molecule has 0 amide bonds. The van der Waals surface area contributed by atoms with Crippen molar-refractivity contribution in [3.8, 4) is 0 Å². The molecule has 1 aromatic rings. The van der Waals surface area contributed by atoms with Crippen LogP contribution in [0.1, 0.15) is 27.0 Å². The molecule has 1 aliphatic heterocycles. The Morgan fingerprint density at radius 1 is 1.56 bits per heavy atom. The molecule has 5 atom stereocenters. The first kappa shape index (κ1) is 19.3. The number of rotatable bonds is 5. The van der Waals surface area contributed by atoms with Gasteiger partial charge < -0.3 is 31.2 Å². The minimum absolute atomic E-state index is 0.0171. The Morgan fingerprint density at radius 3 is 2.72 bits per heavy atom. The number of aliphatic hydroxyl groups excluding tert-OH is 1. The van der Waals surface area contributed by atoms with E-state index in [1.54, 1.807) is 13.8 Å². The van der Waals surface area contributed by atoms with Gasteiger partial charge in [-0.3, -0.25) is 9.36 Å². The number of hydrogen-bond donors (Lipinski definition) is 4. The Balaban J connectivity index is 2.32. The highest BCUT2D eigenvalue weighted by Gasteiger charge is 2.56. The van der Waals surface area contributed by atoms with E-state index in [4.69, 9.17) is 20.9 Å². The molecule has 0 bridgehead atoms. The third kappa shape index (κ3) is 3.66. The van der Waals surface area contributed by atoms with Gasteiger partial charge in [-0.05, 0) is 18.9 Å². The lowest BCUT2D eigenvalue weighted by atomic mass is 9.95. The average Bonchev–Trinajstić information content (AvgIpc) is 2.77. The molecule has 0 aromatic carbocycles. The van der Waals surface area contributed by atoms with Crippen LogP contribution in [0.5, 0.6) is 0 Å². The Kier molecular flexibility index (Phi) is 5.47. The largest absolute Gasteiger partial charge is 0.455 e. The van der Waals surface area contributed by atoms with Crippen molar-refractivity contribution in [2.24, 2.45) is 11.7 Å². The fourth-order valence-corrected chi connectivity index (χ4v) is 2.65. The van der Waals surface area contributed by atoms with Crippen LogP contribution >= 0.6 is 0 Å². The summed E-state index contributed by atoms with van der Waals surface area (Å²) in [4.78, 5) is 27.8. The highest BCUT2D eigenvalue weighted by molar-refractivity contribution is 5.76. The van der Waals surface area contributed by atoms with E-state index >= 15 is 0 Å². The minimum Gasteiger partial charge on any atom is -0.455 e. The van der Waals surface area contributed by atoms with Gasteiger partial charge in [0.1, 0.15) is 23.6 Å². The molecule has 0 radical (unpaired) electrons. The predicted octanol–water partition coefficient (Wildman–Crippen LogP) is -1.64. The monoisotopic (exact) mass is 356 g/mol. The van der Waals surface area contributed by atoms with Crippen molar-refractivity contribution in [3.05, 3.63) is 22.7 Å². The molecule has 10 nitrogen and oxygen atoms in total. The summed E-state index contributed by atoms with van der Waals surface area (Å²) in [5.41, 5.74) is 8.67. The highest BCUT2D eigenvalue weighted by atomic mass is 16.6. The van der Waals surface area contributed by atoms with E-state index in [1.165, 1.54) is 19.2 Å². The SMILES string of the molecule is CC(C)[C@@H](N)C(=O)O[C@@H]1[C@@H](CO)O[C@@H](n2ccc(N)nc2=O)[C@]1(C)O. The van der Waals surface area contributed by atoms with Gasteiger partial charge in [-0.1, -0.05) is 13.8 Å². The standard InChI is InChI=1S/C15H24N4O6/c1-7(2)10(17)12(21)25-11-8(6-20)24-13(15(11,3)23)19-5-4-9(16)18-14(19)22/h4-5,7-8,10-11,13,20,23H,6,17H2,1-3H3,(H2,16,18,22)/t8-,10-,11-,13-,15-/m1/s1. The number of esters is 1. The maximum Gasteiger partial charge on any atom is 0.351 e. The molecule has 0 unspecified atom stereocenters. The fourth-order valence-electron chi connectivity index (χ4n) is 2.65. The molecule has 25 heavy (non-hydrogen) atoms. The van der Waals surface area contributed by atoms with Crippen molar-refractivity contribution in [2.45, 2.75) is 50.8 Å². The summed E-state index contributed by atoms with van der Waals surface area (Å²) in [5, 5.41) is 20.4. The maximum atomic E-state index is 12.2. The Morgan fingerprint density at radius 2 is 2.20 bits per heavy atom. The summed E-state index contributed by atoms with van der Waals surface area (Å²) in [7, 11) is 0. The van der Waals surface area contributed by atoms with Gasteiger partial charge in [0.05, 0.1) is 6.61 Å². The van der Waals surface area contributed by atoms with Crippen LogP contribution in [0.15, 0.2) is 17.1 Å². The van der Waals surface area contributed by atoms with E-state index in [-0.39, 0.29) is 11.7 Å². The number of anilines is 1. The number of carbonyl (C=O) groups excluding carboxylic acids is 1. The lowest BCUT2D eigenvalue weighted by molar-refractivity contribution is -0.166. The van der Waals surface area contributed by atoms with Crippen molar-refractivity contribution in [1.29, 1.82) is 0 Å². The van der Waals surface area contributed by atoms with Crippen LogP contribution in [0.2, 0.25) is 0 Å². The molecule has 1 aliphatic rings. The minimum atomic E-state index is -1.80. The summed E-state index contributed by atoms with van der Waals surface area (Å²) in [6.45, 7) is 4.32. The Hall–Kier alpha value is -2.01. The third-order valence-electron chi connectivity index (χ3n) is 4.23. The number of aromatic nitrogens is 2. The second kappa shape index (κ2) is 7.08. The average molecular weight is 356 g/mol. The van der Waals surface area contributed by atoms with Crippen molar-refractivity contribution < 1.29 is 24.5 Å². The van der Waals surface area contributed by atoms with Gasteiger partial charge in [-0.2, -0.15) is 4.98 Å². The van der Waals surface area contributed by atoms with Gasteiger partial charge in [0.15, 0.2) is 12.3 Å². The molecule has 1 saturated heterocycles. The summed E-state index contributed by atoms with van der Waals surface area (Å²) in [6, 6.07) is 0.470. The van der Waals surface area contributed by atoms with Crippen LogP contribution in [0.3, 0.4) is 0 Å². The first-order valence-corrected chi connectivity index (χ1v) is 7.89. The van der Waals surface area contributed by atoms with E-state index in [2.05, 4.69) is 4.98 Å². The van der Waals surface area contributed by atoms with Gasteiger partial charge in [0.2, 0.25) is 0 Å². The van der Waals surface area contributed by atoms with E-state index in [1.807, 2.05) is 0 Å². The zero-order valence-electron chi connectivity index (χ0n) is 14.3. The Labute approximate surface area is 144 Å². The number of ether oxygens (including phenoxy) is 2. The normalized spacial score (nSPS) is 30.4. The number of nitrogens with two attached hydrogens (primary N) is 2. The predicted molar refractivity (Wildman–Crippen MR) is 87.2 cm³/mol. The van der Waals surface area contributed by atoms with Crippen LogP contribution in [0, 0.1) is 5.92 Å². The summed E-state index contributed by atoms with van der Waals surface area (Å²) >= 11 is 0. The molecule has 2 rings (SSSR count). The van der Waals surface area contributed by atoms with Crippen LogP contribution in [0.4, 0.5) is 5.82 Å². The molecule has 0 aliphatic carbocycles. The summed E-state index contributed by atoms with van der Waals surface area (Å²) in [6.07, 6.45) is -2.17. The van der Waals surface area contributed by atoms with Gasteiger partial charge >= 0.3 is 11.7 Å². The number of hydrogen-bond acceptors (Lipinski definition) is 9. The van der Waals surface area contributed by atoms with Gasteiger partial charge in [0.25, 0.3) is 0 Å². The second-order valence-corrected chi connectivity index (χ2v) is 6.60. The molecular formula is C15H24N4O6. The fraction of sp³-hybridized carbons (Fsp3) is 0.667. The maximum absolute atomic E-state index is 12.2. The molecule has 0 saturated carbocycles. The number of aliphatic hydroxyl groups is 2. The van der Waals surface area contributed by atoms with Gasteiger partial charge in [-0.25, -0.2) is 4.79 Å². The van der Waals surface area contributed by atoms with Crippen LogP contribution < -0.4 is 17.2 Å². The van der Waals surface area contributed by atoms with Crippen LogP contribution in [-0.4, -0.2) is 56.2 Å². The number of carbonyl (C=O) groups is 1. The first-order chi connectivity index (χ1) is 11.6. The molecule has 10 heteroatoms. The molecule has 1 aromatic heterocycles. The van der Waals surface area contributed by atoms with E-state index in [0.29, 0.717) is 0 Å². The van der Waals surface area contributed by atoms with Gasteiger partial charge in [0, 0.05) is 6.20 Å². The van der Waals surface area contributed by atoms with Crippen molar-refractivity contribution in [1.82, 2.24) is 9.55 Å². The first-order valence-electron chi connectivity index (χ1n) is 7.89. The van der Waals surface area contributed by atoms with Crippen molar-refractivity contribution >= 4 is 11.8 Å². The number of nitrogens with zero attached hydrogens (tertiary/aromatic N) is 2. The molecule has 6 N–H and O–H groups in total. The molecule has 140 valence electrons. The van der Waals surface area contributed by atoms with E-state index in [0.717, 1.165) is 4.57 Å². The zero-order chi connectivity index (χ0) is 18.9. The van der Waals surface area contributed by atoms with Crippen LogP contribution in [0.25, 0.3) is 0 Å².